The minimum absolute atomic E-state index is 0.0422. The third-order valence-electron chi connectivity index (χ3n) is 3.94. The topological polar surface area (TPSA) is 39.7 Å². The molecule has 1 heterocycles. The van der Waals surface area contributed by atoms with Crippen LogP contribution in [0.5, 0.6) is 11.5 Å². The second-order valence-corrected chi connectivity index (χ2v) is 5.52. The minimum atomic E-state index is -2.87. The lowest BCUT2D eigenvalue weighted by molar-refractivity contribution is -0.0512. The lowest BCUT2D eigenvalue weighted by atomic mass is 10.0. The average Bonchev–Trinajstić information content (AvgIpc) is 3.01. The van der Waals surface area contributed by atoms with Crippen LogP contribution < -0.4 is 14.8 Å². The maximum absolute atomic E-state index is 12.3. The quantitative estimate of drug-likeness (QED) is 0.836. The highest BCUT2D eigenvalue weighted by molar-refractivity contribution is 5.43. The fourth-order valence-electron chi connectivity index (χ4n) is 2.74. The van der Waals surface area contributed by atoms with Gasteiger partial charge in [-0.2, -0.15) is 8.78 Å². The first-order chi connectivity index (χ1) is 10.5. The van der Waals surface area contributed by atoms with Gasteiger partial charge in [-0.05, 0) is 44.4 Å². The molecule has 1 saturated heterocycles. The van der Waals surface area contributed by atoms with Crippen LogP contribution in [-0.2, 0) is 4.74 Å². The molecule has 4 nitrogen and oxygen atoms in total. The molecule has 1 fully saturated rings. The van der Waals surface area contributed by atoms with Gasteiger partial charge in [0.1, 0.15) is 0 Å². The van der Waals surface area contributed by atoms with E-state index in [-0.39, 0.29) is 23.9 Å². The van der Waals surface area contributed by atoms with Gasteiger partial charge in [0, 0.05) is 18.7 Å². The predicted molar refractivity (Wildman–Crippen MR) is 79.6 cm³/mol. The van der Waals surface area contributed by atoms with E-state index in [0.717, 1.165) is 25.0 Å². The Morgan fingerprint density at radius 3 is 2.64 bits per heavy atom. The first-order valence-corrected chi connectivity index (χ1v) is 7.51. The molecule has 0 aromatic heterocycles. The van der Waals surface area contributed by atoms with Crippen molar-refractivity contribution in [3.8, 4) is 11.5 Å². The number of rotatable bonds is 7. The number of ether oxygens (including phenoxy) is 3. The third kappa shape index (κ3) is 4.30. The molecule has 1 aliphatic heterocycles. The summed E-state index contributed by atoms with van der Waals surface area (Å²) in [5.41, 5.74) is 0.948. The number of halogens is 2. The maximum atomic E-state index is 12.3. The van der Waals surface area contributed by atoms with Crippen LogP contribution in [0.4, 0.5) is 8.78 Å². The van der Waals surface area contributed by atoms with Crippen molar-refractivity contribution >= 4 is 0 Å². The van der Waals surface area contributed by atoms with Gasteiger partial charge in [0.05, 0.1) is 13.2 Å². The van der Waals surface area contributed by atoms with Gasteiger partial charge in [-0.3, -0.25) is 0 Å². The van der Waals surface area contributed by atoms with E-state index in [1.807, 2.05) is 6.92 Å². The molecule has 0 saturated carbocycles. The Morgan fingerprint density at radius 1 is 1.27 bits per heavy atom. The van der Waals surface area contributed by atoms with Gasteiger partial charge in [-0.25, -0.2) is 0 Å². The predicted octanol–water partition coefficient (Wildman–Crippen LogP) is 3.51. The molecule has 0 spiro atoms. The first-order valence-electron chi connectivity index (χ1n) is 7.51. The van der Waals surface area contributed by atoms with Crippen molar-refractivity contribution in [2.24, 2.45) is 0 Å². The molecule has 1 N–H and O–H groups in total. The van der Waals surface area contributed by atoms with E-state index < -0.39 is 6.61 Å². The molecule has 2 rings (SSSR count). The van der Waals surface area contributed by atoms with E-state index in [9.17, 15) is 8.78 Å². The summed E-state index contributed by atoms with van der Waals surface area (Å²) < 4.78 is 39.9. The summed E-state index contributed by atoms with van der Waals surface area (Å²) in [6.07, 6.45) is 2.38. The van der Waals surface area contributed by atoms with Gasteiger partial charge in [0.25, 0.3) is 0 Å². The van der Waals surface area contributed by atoms with E-state index in [1.54, 1.807) is 12.1 Å². The molecular weight excluding hydrogens is 292 g/mol. The van der Waals surface area contributed by atoms with Crippen LogP contribution in [0.3, 0.4) is 0 Å². The van der Waals surface area contributed by atoms with Gasteiger partial charge >= 0.3 is 6.61 Å². The van der Waals surface area contributed by atoms with Crippen molar-refractivity contribution in [2.45, 2.75) is 51.5 Å². The van der Waals surface area contributed by atoms with Crippen LogP contribution >= 0.6 is 0 Å². The molecular formula is C16H23F2NO3. The Bertz CT molecular complexity index is 478. The standard InChI is InChI=1S/C16H23F2NO3/c1-10(19-11(2)13-5-4-8-21-13)12-6-7-14(22-16(17)18)15(9-12)20-3/h6-7,9-11,13,16,19H,4-5,8H2,1-3H3/t10-,11-,13-/m0/s1. The molecule has 1 aromatic rings. The molecule has 0 radical (unpaired) electrons. The van der Waals surface area contributed by atoms with Gasteiger partial charge in [-0.15, -0.1) is 0 Å². The highest BCUT2D eigenvalue weighted by Gasteiger charge is 2.24. The van der Waals surface area contributed by atoms with Crippen molar-refractivity contribution in [2.75, 3.05) is 13.7 Å². The molecule has 0 aliphatic carbocycles. The van der Waals surface area contributed by atoms with Gasteiger partial charge in [0.15, 0.2) is 11.5 Å². The number of benzene rings is 1. The Labute approximate surface area is 129 Å². The van der Waals surface area contributed by atoms with E-state index in [0.29, 0.717) is 5.75 Å². The Morgan fingerprint density at radius 2 is 2.05 bits per heavy atom. The van der Waals surface area contributed by atoms with Crippen molar-refractivity contribution in [1.29, 1.82) is 0 Å². The number of alkyl halides is 2. The smallest absolute Gasteiger partial charge is 0.387 e. The second kappa shape index (κ2) is 7.74. The molecule has 22 heavy (non-hydrogen) atoms. The summed E-state index contributed by atoms with van der Waals surface area (Å²) in [7, 11) is 1.44. The molecule has 0 unspecified atom stereocenters. The number of nitrogens with one attached hydrogen (secondary N) is 1. The third-order valence-corrected chi connectivity index (χ3v) is 3.94. The maximum Gasteiger partial charge on any atom is 0.387 e. The van der Waals surface area contributed by atoms with Crippen molar-refractivity contribution < 1.29 is 23.0 Å². The highest BCUT2D eigenvalue weighted by atomic mass is 19.3. The van der Waals surface area contributed by atoms with Crippen LogP contribution in [0.25, 0.3) is 0 Å². The molecule has 124 valence electrons. The molecule has 0 bridgehead atoms. The molecule has 3 atom stereocenters. The Balaban J connectivity index is 2.03. The van der Waals surface area contributed by atoms with Gasteiger partial charge in [0.2, 0.25) is 0 Å². The zero-order valence-corrected chi connectivity index (χ0v) is 13.1. The van der Waals surface area contributed by atoms with Gasteiger partial charge in [-0.1, -0.05) is 6.07 Å². The SMILES string of the molecule is COc1cc([C@H](C)N[C@@H](C)[C@@H]2CCCO2)ccc1OC(F)F. The first kappa shape index (κ1) is 17.0. The molecule has 1 aliphatic rings. The molecule has 1 aromatic carbocycles. The van der Waals surface area contributed by atoms with E-state index in [1.165, 1.54) is 13.2 Å². The zero-order valence-electron chi connectivity index (χ0n) is 13.1. The van der Waals surface area contributed by atoms with E-state index in [4.69, 9.17) is 9.47 Å². The minimum Gasteiger partial charge on any atom is -0.493 e. The average molecular weight is 315 g/mol. The van der Waals surface area contributed by atoms with Crippen molar-refractivity contribution in [1.82, 2.24) is 5.32 Å². The molecule has 0 amide bonds. The van der Waals surface area contributed by atoms with Gasteiger partial charge < -0.3 is 19.5 Å². The van der Waals surface area contributed by atoms with Crippen LogP contribution in [0, 0.1) is 0 Å². The van der Waals surface area contributed by atoms with Crippen LogP contribution in [0.15, 0.2) is 18.2 Å². The second-order valence-electron chi connectivity index (χ2n) is 5.52. The summed E-state index contributed by atoms with van der Waals surface area (Å²) in [5.74, 6) is 0.344. The fourth-order valence-corrected chi connectivity index (χ4v) is 2.74. The zero-order chi connectivity index (χ0) is 16.1. The van der Waals surface area contributed by atoms with Crippen LogP contribution in [0.2, 0.25) is 0 Å². The summed E-state index contributed by atoms with van der Waals surface area (Å²) >= 11 is 0. The fraction of sp³-hybridized carbons (Fsp3) is 0.625. The highest BCUT2D eigenvalue weighted by Crippen LogP contribution is 2.31. The van der Waals surface area contributed by atoms with Crippen molar-refractivity contribution in [3.63, 3.8) is 0 Å². The largest absolute Gasteiger partial charge is 0.493 e. The number of hydrogen-bond donors (Lipinski definition) is 1. The summed E-state index contributed by atoms with van der Waals surface area (Å²) in [4.78, 5) is 0. The monoisotopic (exact) mass is 315 g/mol. The lowest BCUT2D eigenvalue weighted by Crippen LogP contribution is -2.38. The Hall–Kier alpha value is -1.40. The molecule has 6 heteroatoms. The summed E-state index contributed by atoms with van der Waals surface area (Å²) in [5, 5.41) is 3.48. The van der Waals surface area contributed by atoms with Crippen molar-refractivity contribution in [3.05, 3.63) is 23.8 Å². The van der Waals surface area contributed by atoms with E-state index >= 15 is 0 Å². The lowest BCUT2D eigenvalue weighted by Gasteiger charge is -2.25. The van der Waals surface area contributed by atoms with Crippen LogP contribution in [0.1, 0.15) is 38.3 Å². The van der Waals surface area contributed by atoms with E-state index in [2.05, 4.69) is 17.0 Å². The summed E-state index contributed by atoms with van der Waals surface area (Å²) in [6, 6.07) is 5.27. The van der Waals surface area contributed by atoms with Crippen LogP contribution in [-0.4, -0.2) is 32.5 Å². The summed E-state index contributed by atoms with van der Waals surface area (Å²) in [6.45, 7) is 2.07. The number of methoxy groups -OCH3 is 1. The Kier molecular flexibility index (Phi) is 5.97. The number of hydrogen-bond acceptors (Lipinski definition) is 4. The normalized spacial score (nSPS) is 20.9.